The number of carbonyl (C=O) groups is 1. The maximum Gasteiger partial charge on any atom is 0.412 e. The lowest BCUT2D eigenvalue weighted by atomic mass is 10.2. The molecule has 90 valence electrons. The minimum Gasteiger partial charge on any atom is -0.444 e. The highest BCUT2D eigenvalue weighted by Crippen LogP contribution is 2.17. The molecule has 0 aliphatic carbocycles. The zero-order valence-corrected chi connectivity index (χ0v) is 10.1. The van der Waals surface area contributed by atoms with Gasteiger partial charge in [0.25, 0.3) is 0 Å². The topological polar surface area (TPSA) is 55.6 Å². The average Bonchev–Trinajstić information content (AvgIpc) is 2.63. The van der Waals surface area contributed by atoms with E-state index in [2.05, 4.69) is 10.3 Å². The van der Waals surface area contributed by atoms with Crippen LogP contribution in [-0.4, -0.2) is 21.1 Å². The number of fused-ring (bicyclic) bond motifs is 1. The van der Waals surface area contributed by atoms with E-state index < -0.39 is 11.7 Å². The number of imidazole rings is 1. The van der Waals surface area contributed by atoms with Gasteiger partial charge in [0, 0.05) is 6.20 Å². The summed E-state index contributed by atoms with van der Waals surface area (Å²) >= 11 is 0. The van der Waals surface area contributed by atoms with Gasteiger partial charge in [-0.1, -0.05) is 0 Å². The maximum absolute atomic E-state index is 11.6. The Morgan fingerprint density at radius 3 is 2.94 bits per heavy atom. The summed E-state index contributed by atoms with van der Waals surface area (Å²) in [5, 5.41) is 2.71. The van der Waals surface area contributed by atoms with Crippen LogP contribution in [0.2, 0.25) is 0 Å². The fourth-order valence-electron chi connectivity index (χ4n) is 1.47. The predicted molar refractivity (Wildman–Crippen MR) is 65.0 cm³/mol. The average molecular weight is 233 g/mol. The van der Waals surface area contributed by atoms with E-state index in [4.69, 9.17) is 4.74 Å². The van der Waals surface area contributed by atoms with Gasteiger partial charge in [-0.3, -0.25) is 5.32 Å². The zero-order valence-electron chi connectivity index (χ0n) is 10.1. The largest absolute Gasteiger partial charge is 0.444 e. The first-order chi connectivity index (χ1) is 7.96. The van der Waals surface area contributed by atoms with Crippen LogP contribution in [-0.2, 0) is 4.74 Å². The summed E-state index contributed by atoms with van der Waals surface area (Å²) in [6.45, 7) is 5.48. The van der Waals surface area contributed by atoms with Gasteiger partial charge in [0.15, 0.2) is 0 Å². The number of hydrogen-bond donors (Lipinski definition) is 1. The number of nitrogens with one attached hydrogen (secondary N) is 1. The third-order valence-electron chi connectivity index (χ3n) is 2.09. The summed E-state index contributed by atoms with van der Waals surface area (Å²) in [7, 11) is 0. The van der Waals surface area contributed by atoms with Crippen LogP contribution in [0.15, 0.2) is 30.9 Å². The van der Waals surface area contributed by atoms with Crippen LogP contribution >= 0.6 is 0 Å². The number of ether oxygens (including phenoxy) is 1. The van der Waals surface area contributed by atoms with Crippen LogP contribution in [0.1, 0.15) is 20.8 Å². The van der Waals surface area contributed by atoms with Crippen molar-refractivity contribution in [1.82, 2.24) is 9.38 Å². The highest BCUT2D eigenvalue weighted by molar-refractivity contribution is 5.90. The molecular formula is C12H15N3O2. The molecule has 0 aromatic carbocycles. The number of amides is 1. The second-order valence-corrected chi connectivity index (χ2v) is 4.73. The SMILES string of the molecule is CC(C)(C)OC(=O)Nc1cccn2cncc12. The van der Waals surface area contributed by atoms with Gasteiger partial charge in [-0.15, -0.1) is 0 Å². The molecule has 0 aliphatic rings. The molecule has 2 rings (SSSR count). The number of rotatable bonds is 1. The first-order valence-corrected chi connectivity index (χ1v) is 5.36. The van der Waals surface area contributed by atoms with E-state index in [0.29, 0.717) is 5.69 Å². The summed E-state index contributed by atoms with van der Waals surface area (Å²) in [6, 6.07) is 3.64. The van der Waals surface area contributed by atoms with E-state index in [-0.39, 0.29) is 0 Å². The van der Waals surface area contributed by atoms with Crippen LogP contribution < -0.4 is 5.32 Å². The normalized spacial score (nSPS) is 11.5. The molecule has 17 heavy (non-hydrogen) atoms. The molecule has 0 radical (unpaired) electrons. The van der Waals surface area contributed by atoms with Crippen molar-refractivity contribution in [1.29, 1.82) is 0 Å². The maximum atomic E-state index is 11.6. The van der Waals surface area contributed by atoms with Gasteiger partial charge in [-0.25, -0.2) is 9.78 Å². The highest BCUT2D eigenvalue weighted by Gasteiger charge is 2.16. The minimum atomic E-state index is -0.505. The fourth-order valence-corrected chi connectivity index (χ4v) is 1.47. The molecule has 1 amide bonds. The number of pyridine rings is 1. The quantitative estimate of drug-likeness (QED) is 0.823. The van der Waals surface area contributed by atoms with Gasteiger partial charge in [-0.05, 0) is 32.9 Å². The lowest BCUT2D eigenvalue weighted by Gasteiger charge is -2.19. The van der Waals surface area contributed by atoms with Gasteiger partial charge in [0.1, 0.15) is 5.60 Å². The Bertz CT molecular complexity index is 540. The van der Waals surface area contributed by atoms with E-state index in [1.807, 2.05) is 37.4 Å². The molecule has 0 atom stereocenters. The van der Waals surface area contributed by atoms with Gasteiger partial charge in [-0.2, -0.15) is 0 Å². The summed E-state index contributed by atoms with van der Waals surface area (Å²) in [5.41, 5.74) is 1.01. The molecule has 5 heteroatoms. The molecule has 0 saturated carbocycles. The second kappa shape index (κ2) is 4.08. The highest BCUT2D eigenvalue weighted by atomic mass is 16.6. The Balaban J connectivity index is 2.18. The number of aromatic nitrogens is 2. The second-order valence-electron chi connectivity index (χ2n) is 4.73. The van der Waals surface area contributed by atoms with E-state index in [1.165, 1.54) is 0 Å². The van der Waals surface area contributed by atoms with Crippen molar-refractivity contribution in [2.75, 3.05) is 5.32 Å². The molecule has 1 N–H and O–H groups in total. The van der Waals surface area contributed by atoms with Crippen molar-refractivity contribution in [3.63, 3.8) is 0 Å². The number of nitrogens with zero attached hydrogens (tertiary/aromatic N) is 2. The molecule has 0 bridgehead atoms. The Hall–Kier alpha value is -2.04. The predicted octanol–water partition coefficient (Wildman–Crippen LogP) is 2.68. The molecule has 0 fully saturated rings. The van der Waals surface area contributed by atoms with Crippen molar-refractivity contribution in [3.05, 3.63) is 30.9 Å². The zero-order chi connectivity index (χ0) is 12.5. The molecule has 0 saturated heterocycles. The van der Waals surface area contributed by atoms with Crippen molar-refractivity contribution >= 4 is 17.3 Å². The molecule has 5 nitrogen and oxygen atoms in total. The molecule has 2 aromatic rings. The minimum absolute atomic E-state index is 0.466. The van der Waals surface area contributed by atoms with E-state index in [9.17, 15) is 4.79 Å². The van der Waals surface area contributed by atoms with Crippen molar-refractivity contribution in [3.8, 4) is 0 Å². The molecule has 2 heterocycles. The Kier molecular flexibility index (Phi) is 2.75. The fraction of sp³-hybridized carbons (Fsp3) is 0.333. The Morgan fingerprint density at radius 1 is 1.47 bits per heavy atom. The number of carbonyl (C=O) groups excluding carboxylic acids is 1. The van der Waals surface area contributed by atoms with Crippen molar-refractivity contribution < 1.29 is 9.53 Å². The smallest absolute Gasteiger partial charge is 0.412 e. The Morgan fingerprint density at radius 2 is 2.24 bits per heavy atom. The van der Waals surface area contributed by atoms with Gasteiger partial charge >= 0.3 is 6.09 Å². The number of anilines is 1. The third kappa shape index (κ3) is 2.75. The van der Waals surface area contributed by atoms with Gasteiger partial charge < -0.3 is 9.14 Å². The summed E-state index contributed by atoms with van der Waals surface area (Å²) in [6.07, 6.45) is 4.76. The van der Waals surface area contributed by atoms with Crippen LogP contribution in [0.5, 0.6) is 0 Å². The van der Waals surface area contributed by atoms with E-state index in [0.717, 1.165) is 5.52 Å². The Labute approximate surface area is 99.4 Å². The van der Waals surface area contributed by atoms with Crippen LogP contribution in [0.3, 0.4) is 0 Å². The van der Waals surface area contributed by atoms with Crippen LogP contribution in [0.25, 0.3) is 5.52 Å². The summed E-state index contributed by atoms with van der Waals surface area (Å²) < 4.78 is 7.01. The summed E-state index contributed by atoms with van der Waals surface area (Å²) in [4.78, 5) is 15.6. The van der Waals surface area contributed by atoms with E-state index >= 15 is 0 Å². The van der Waals surface area contributed by atoms with Gasteiger partial charge in [0.2, 0.25) is 0 Å². The molecule has 2 aromatic heterocycles. The molecule has 0 spiro atoms. The third-order valence-corrected chi connectivity index (χ3v) is 2.09. The molecular weight excluding hydrogens is 218 g/mol. The van der Waals surface area contributed by atoms with Gasteiger partial charge in [0.05, 0.1) is 23.7 Å². The first kappa shape index (κ1) is 11.4. The molecule has 0 aliphatic heterocycles. The molecule has 0 unspecified atom stereocenters. The van der Waals surface area contributed by atoms with Crippen LogP contribution in [0.4, 0.5) is 10.5 Å². The van der Waals surface area contributed by atoms with Crippen molar-refractivity contribution in [2.24, 2.45) is 0 Å². The first-order valence-electron chi connectivity index (χ1n) is 5.36. The number of hydrogen-bond acceptors (Lipinski definition) is 3. The van der Waals surface area contributed by atoms with Crippen molar-refractivity contribution in [2.45, 2.75) is 26.4 Å². The summed E-state index contributed by atoms with van der Waals surface area (Å²) in [5.74, 6) is 0. The van der Waals surface area contributed by atoms with E-state index in [1.54, 1.807) is 18.6 Å². The standard InChI is InChI=1S/C12H15N3O2/c1-12(2,3)17-11(16)14-9-5-4-6-15-8-13-7-10(9)15/h4-8H,1-3H3,(H,14,16). The lowest BCUT2D eigenvalue weighted by molar-refractivity contribution is 0.0636. The monoisotopic (exact) mass is 233 g/mol. The lowest BCUT2D eigenvalue weighted by Crippen LogP contribution is -2.27. The van der Waals surface area contributed by atoms with Crippen LogP contribution in [0, 0.1) is 0 Å².